The highest BCUT2D eigenvalue weighted by Crippen LogP contribution is 2.34. The van der Waals surface area contributed by atoms with Crippen LogP contribution in [-0.2, 0) is 9.84 Å². The Hall–Kier alpha value is -3.61. The highest BCUT2D eigenvalue weighted by molar-refractivity contribution is 7.92. The summed E-state index contributed by atoms with van der Waals surface area (Å²) in [6.45, 7) is 3.23. The Labute approximate surface area is 252 Å². The molecule has 228 valence electrons. The number of aromatic nitrogens is 2. The first-order valence-electron chi connectivity index (χ1n) is 13.8. The van der Waals surface area contributed by atoms with Crippen LogP contribution >= 0.6 is 11.6 Å². The molecule has 1 saturated carbocycles. The zero-order valence-corrected chi connectivity index (χ0v) is 26.2. The fourth-order valence-electron chi connectivity index (χ4n) is 4.37. The lowest BCUT2D eigenvalue weighted by atomic mass is 9.95. The molecular weight excluding hydrogens is 578 g/mol. The number of nitrogens with zero attached hydrogens (tertiary/aromatic N) is 2. The van der Waals surface area contributed by atoms with Crippen molar-refractivity contribution in [3.63, 3.8) is 0 Å². The van der Waals surface area contributed by atoms with E-state index in [9.17, 15) is 13.2 Å². The van der Waals surface area contributed by atoms with E-state index < -0.39 is 15.1 Å². The molecule has 1 aromatic heterocycles. The topological polar surface area (TPSA) is 160 Å². The van der Waals surface area contributed by atoms with Crippen LogP contribution in [0.25, 0.3) is 0 Å². The lowest BCUT2D eigenvalue weighted by molar-refractivity contribution is 0.0927. The smallest absolute Gasteiger partial charge is 0.251 e. The maximum atomic E-state index is 12.9. The summed E-state index contributed by atoms with van der Waals surface area (Å²) >= 11 is 6.38. The number of anilines is 5. The van der Waals surface area contributed by atoms with E-state index in [1.54, 1.807) is 50.2 Å². The van der Waals surface area contributed by atoms with Crippen molar-refractivity contribution in [2.75, 3.05) is 37.6 Å². The van der Waals surface area contributed by atoms with Gasteiger partial charge in [-0.2, -0.15) is 9.97 Å². The number of hydrogen-bond donors (Lipinski definition) is 5. The molecule has 42 heavy (non-hydrogen) atoms. The predicted octanol–water partition coefficient (Wildman–Crippen LogP) is 5.29. The van der Waals surface area contributed by atoms with Gasteiger partial charge < -0.3 is 31.7 Å². The molecule has 0 saturated heterocycles. The fourth-order valence-corrected chi connectivity index (χ4v) is 5.71. The van der Waals surface area contributed by atoms with Crippen LogP contribution < -0.4 is 31.7 Å². The van der Waals surface area contributed by atoms with Crippen molar-refractivity contribution in [1.82, 2.24) is 20.6 Å². The van der Waals surface area contributed by atoms with Crippen LogP contribution in [0.5, 0.6) is 5.75 Å². The summed E-state index contributed by atoms with van der Waals surface area (Å²) in [5.74, 6) is 0.469. The molecule has 0 unspecified atom stereocenters. The number of ether oxygens (including phenoxy) is 1. The maximum Gasteiger partial charge on any atom is 0.251 e. The molecule has 13 heteroatoms. The highest BCUT2D eigenvalue weighted by atomic mass is 35.5. The average Bonchev–Trinajstić information content (AvgIpc) is 2.97. The highest BCUT2D eigenvalue weighted by Gasteiger charge is 2.24. The Morgan fingerprint density at radius 3 is 2.33 bits per heavy atom. The van der Waals surface area contributed by atoms with E-state index in [2.05, 4.69) is 31.2 Å². The summed E-state index contributed by atoms with van der Waals surface area (Å²) in [7, 11) is 1.67. The van der Waals surface area contributed by atoms with Gasteiger partial charge in [0.1, 0.15) is 16.6 Å². The van der Waals surface area contributed by atoms with Crippen molar-refractivity contribution in [3.05, 3.63) is 53.1 Å². The third kappa shape index (κ3) is 8.24. The first kappa shape index (κ1) is 32.9. The Bertz CT molecular complexity index is 1480. The van der Waals surface area contributed by atoms with E-state index in [0.29, 0.717) is 22.7 Å². The number of carbonyl (C=O) groups is 1. The normalized spacial score (nSPS) is 13.6. The van der Waals surface area contributed by atoms with Gasteiger partial charge in [0.25, 0.3) is 5.91 Å². The van der Waals surface area contributed by atoms with Gasteiger partial charge in [0.15, 0.2) is 15.7 Å². The standard InChI is InChI=1S/C27H33ClN6O4S.C2H7N/c1-16(2)39(36,37)22-12-8-7-11-20(22)31-25-23(28)24(29)33-27(34-25)32-19-14-13-17(15-21(19)38-3)26(35)30-18-9-5-4-6-10-18;1-3-2/h7-8,11-16,18H,4-6,9-10H2,1-3H3,(H,30,35)(H4,29,31,32,33,34);3H,1-2H3. The minimum Gasteiger partial charge on any atom is -0.495 e. The zero-order chi connectivity index (χ0) is 30.9. The SMILES string of the molecule is CNC.COc1cc(C(=O)NC2CCCCC2)ccc1Nc1nc(N)c(Cl)c(Nc2ccccc2S(=O)(=O)C(C)C)n1. The molecule has 0 radical (unpaired) electrons. The Morgan fingerprint density at radius 1 is 1.02 bits per heavy atom. The second-order valence-electron chi connectivity index (χ2n) is 10.2. The summed E-state index contributed by atoms with van der Waals surface area (Å²) in [5.41, 5.74) is 7.35. The summed E-state index contributed by atoms with van der Waals surface area (Å²) < 4.78 is 31.3. The quantitative estimate of drug-likeness (QED) is 0.213. The average molecular weight is 618 g/mol. The molecule has 2 aromatic carbocycles. The predicted molar refractivity (Wildman–Crippen MR) is 169 cm³/mol. The summed E-state index contributed by atoms with van der Waals surface area (Å²) in [6, 6.07) is 11.7. The number of hydrogen-bond acceptors (Lipinski definition) is 10. The largest absolute Gasteiger partial charge is 0.495 e. The van der Waals surface area contributed by atoms with Gasteiger partial charge in [0, 0.05) is 11.6 Å². The number of nitrogen functional groups attached to an aromatic ring is 1. The second-order valence-corrected chi connectivity index (χ2v) is 13.0. The fraction of sp³-hybridized carbons (Fsp3) is 0.414. The number of rotatable bonds is 9. The molecule has 0 spiro atoms. The number of nitrogens with two attached hydrogens (primary N) is 1. The number of para-hydroxylation sites is 1. The van der Waals surface area contributed by atoms with E-state index in [1.807, 2.05) is 14.1 Å². The van der Waals surface area contributed by atoms with Crippen LogP contribution in [0.4, 0.5) is 29.0 Å². The van der Waals surface area contributed by atoms with Gasteiger partial charge in [-0.05, 0) is 71.1 Å². The first-order chi connectivity index (χ1) is 20.0. The molecule has 11 nitrogen and oxygen atoms in total. The molecule has 1 aliphatic carbocycles. The lowest BCUT2D eigenvalue weighted by Crippen LogP contribution is -2.36. The molecule has 1 aliphatic rings. The maximum absolute atomic E-state index is 12.9. The number of methoxy groups -OCH3 is 1. The number of benzene rings is 2. The molecule has 6 N–H and O–H groups in total. The van der Waals surface area contributed by atoms with Crippen LogP contribution in [-0.4, -0.2) is 56.8 Å². The van der Waals surface area contributed by atoms with E-state index >= 15 is 0 Å². The van der Waals surface area contributed by atoms with Crippen LogP contribution in [0.3, 0.4) is 0 Å². The van der Waals surface area contributed by atoms with Crippen molar-refractivity contribution in [2.45, 2.75) is 62.1 Å². The van der Waals surface area contributed by atoms with E-state index in [0.717, 1.165) is 25.7 Å². The Kier molecular flexibility index (Phi) is 11.8. The summed E-state index contributed by atoms with van der Waals surface area (Å²) in [5, 5.41) is 11.3. The number of carbonyl (C=O) groups excluding carboxylic acids is 1. The summed E-state index contributed by atoms with van der Waals surface area (Å²) in [6.07, 6.45) is 5.43. The minimum absolute atomic E-state index is 0.0108. The van der Waals surface area contributed by atoms with Crippen LogP contribution in [0.1, 0.15) is 56.3 Å². The minimum atomic E-state index is -3.58. The van der Waals surface area contributed by atoms with E-state index in [4.69, 9.17) is 22.1 Å². The van der Waals surface area contributed by atoms with Gasteiger partial charge in [-0.3, -0.25) is 4.79 Å². The number of amides is 1. The van der Waals surface area contributed by atoms with Crippen molar-refractivity contribution >= 4 is 56.3 Å². The van der Waals surface area contributed by atoms with Gasteiger partial charge in [-0.1, -0.05) is 43.0 Å². The van der Waals surface area contributed by atoms with Gasteiger partial charge in [-0.15, -0.1) is 0 Å². The molecule has 1 fully saturated rings. The van der Waals surface area contributed by atoms with Crippen molar-refractivity contribution in [3.8, 4) is 5.75 Å². The Morgan fingerprint density at radius 2 is 1.69 bits per heavy atom. The molecule has 4 rings (SSSR count). The van der Waals surface area contributed by atoms with Gasteiger partial charge in [0.05, 0.1) is 28.6 Å². The summed E-state index contributed by atoms with van der Waals surface area (Å²) in [4.78, 5) is 21.6. The molecule has 1 amide bonds. The van der Waals surface area contributed by atoms with Gasteiger partial charge in [-0.25, -0.2) is 8.42 Å². The van der Waals surface area contributed by atoms with Crippen LogP contribution in [0.2, 0.25) is 5.02 Å². The number of nitrogens with one attached hydrogen (secondary N) is 4. The van der Waals surface area contributed by atoms with E-state index in [1.165, 1.54) is 19.6 Å². The third-order valence-corrected chi connectivity index (χ3v) is 9.18. The van der Waals surface area contributed by atoms with Crippen LogP contribution in [0.15, 0.2) is 47.4 Å². The molecule has 0 atom stereocenters. The van der Waals surface area contributed by atoms with Crippen molar-refractivity contribution < 1.29 is 17.9 Å². The third-order valence-electron chi connectivity index (χ3n) is 6.59. The molecule has 3 aromatic rings. The number of sulfone groups is 1. The molecule has 0 aliphatic heterocycles. The first-order valence-corrected chi connectivity index (χ1v) is 15.7. The van der Waals surface area contributed by atoms with Crippen LogP contribution in [0, 0.1) is 0 Å². The molecule has 1 heterocycles. The lowest BCUT2D eigenvalue weighted by Gasteiger charge is -2.23. The van der Waals surface area contributed by atoms with E-state index in [-0.39, 0.29) is 39.5 Å². The monoisotopic (exact) mass is 617 g/mol. The van der Waals surface area contributed by atoms with Crippen molar-refractivity contribution in [1.29, 1.82) is 0 Å². The molecular formula is C29H40ClN7O4S. The molecule has 0 bridgehead atoms. The van der Waals surface area contributed by atoms with Gasteiger partial charge >= 0.3 is 0 Å². The Balaban J connectivity index is 0.00000155. The van der Waals surface area contributed by atoms with Gasteiger partial charge in [0.2, 0.25) is 5.95 Å². The van der Waals surface area contributed by atoms with Crippen molar-refractivity contribution in [2.24, 2.45) is 0 Å². The number of halogens is 1. The second kappa shape index (κ2) is 15.0. The zero-order valence-electron chi connectivity index (χ0n) is 24.6.